The lowest BCUT2D eigenvalue weighted by molar-refractivity contribution is -0.118. The smallest absolute Gasteiger partial charge is 0.251 e. The molecule has 0 spiro atoms. The number of carbonyl (C=O) groups is 1. The van der Waals surface area contributed by atoms with Gasteiger partial charge in [-0.25, -0.2) is 4.98 Å². The molecule has 9 heteroatoms. The first-order valence-electron chi connectivity index (χ1n) is 8.79. The molecule has 1 amide bonds. The minimum absolute atomic E-state index is 0.133. The molecule has 2 N–H and O–H groups in total. The Hall–Kier alpha value is -2.68. The summed E-state index contributed by atoms with van der Waals surface area (Å²) in [5.41, 5.74) is 1.27. The van der Waals surface area contributed by atoms with E-state index >= 15 is 0 Å². The Labute approximate surface area is 168 Å². The highest BCUT2D eigenvalue weighted by Crippen LogP contribution is 2.34. The molecule has 0 saturated heterocycles. The van der Waals surface area contributed by atoms with Gasteiger partial charge >= 0.3 is 0 Å². The standard InChI is InChI=1S/C19H25N3O5S/c1-5-6-13-8-17(23)22-19(21-13)28-11-18(24)20-10-12-7-15(26-3)16(27-4)9-14(12)25-2/h7-9H,5-6,10-11H2,1-4H3,(H,20,24)(H,21,22,23). The average molecular weight is 407 g/mol. The second kappa shape index (κ2) is 10.6. The highest BCUT2D eigenvalue weighted by molar-refractivity contribution is 7.99. The maximum Gasteiger partial charge on any atom is 0.251 e. The number of benzene rings is 1. The summed E-state index contributed by atoms with van der Waals surface area (Å²) in [5.74, 6) is 1.63. The van der Waals surface area contributed by atoms with Crippen LogP contribution in [0.15, 0.2) is 28.2 Å². The Kier molecular flexibility index (Phi) is 8.19. The summed E-state index contributed by atoms with van der Waals surface area (Å²) in [6.45, 7) is 2.29. The molecule has 0 aliphatic rings. The number of aromatic nitrogens is 2. The van der Waals surface area contributed by atoms with Gasteiger partial charge in [0.2, 0.25) is 5.91 Å². The molecule has 0 unspecified atom stereocenters. The largest absolute Gasteiger partial charge is 0.496 e. The molecule has 0 atom stereocenters. The molecule has 1 aromatic heterocycles. The van der Waals surface area contributed by atoms with Crippen LogP contribution in [0, 0.1) is 0 Å². The number of hydrogen-bond donors (Lipinski definition) is 2. The van der Waals surface area contributed by atoms with Crippen LogP contribution in [-0.4, -0.2) is 43.0 Å². The highest BCUT2D eigenvalue weighted by atomic mass is 32.2. The first-order valence-corrected chi connectivity index (χ1v) is 9.77. The van der Waals surface area contributed by atoms with E-state index in [2.05, 4.69) is 15.3 Å². The van der Waals surface area contributed by atoms with Crippen molar-refractivity contribution in [2.75, 3.05) is 27.1 Å². The zero-order chi connectivity index (χ0) is 20.5. The summed E-state index contributed by atoms with van der Waals surface area (Å²) in [5, 5.41) is 3.27. The first-order chi connectivity index (χ1) is 13.5. The van der Waals surface area contributed by atoms with Gasteiger partial charge in [0.1, 0.15) is 5.75 Å². The Morgan fingerprint density at radius 2 is 1.79 bits per heavy atom. The van der Waals surface area contributed by atoms with Crippen LogP contribution in [-0.2, 0) is 17.8 Å². The molecular weight excluding hydrogens is 382 g/mol. The lowest BCUT2D eigenvalue weighted by Crippen LogP contribution is -2.25. The van der Waals surface area contributed by atoms with Gasteiger partial charge in [-0.3, -0.25) is 9.59 Å². The van der Waals surface area contributed by atoms with Crippen molar-refractivity contribution in [2.45, 2.75) is 31.5 Å². The van der Waals surface area contributed by atoms with Crippen LogP contribution in [0.1, 0.15) is 24.6 Å². The molecule has 2 aromatic rings. The van der Waals surface area contributed by atoms with Gasteiger partial charge in [0.15, 0.2) is 16.7 Å². The molecule has 152 valence electrons. The van der Waals surface area contributed by atoms with E-state index in [1.165, 1.54) is 17.8 Å². The molecular formula is C19H25N3O5S. The van der Waals surface area contributed by atoms with Gasteiger partial charge in [0, 0.05) is 29.9 Å². The monoisotopic (exact) mass is 407 g/mol. The quantitative estimate of drug-likeness (QED) is 0.459. The van der Waals surface area contributed by atoms with E-state index in [1.807, 2.05) is 6.92 Å². The van der Waals surface area contributed by atoms with Gasteiger partial charge in [-0.2, -0.15) is 0 Å². The first kappa shape index (κ1) is 21.6. The van der Waals surface area contributed by atoms with Gasteiger partial charge in [-0.05, 0) is 12.5 Å². The van der Waals surface area contributed by atoms with Crippen molar-refractivity contribution >= 4 is 17.7 Å². The van der Waals surface area contributed by atoms with Crippen molar-refractivity contribution in [1.29, 1.82) is 0 Å². The Balaban J connectivity index is 1.98. The number of amides is 1. The third-order valence-electron chi connectivity index (χ3n) is 3.88. The van der Waals surface area contributed by atoms with E-state index in [-0.39, 0.29) is 23.8 Å². The number of rotatable bonds is 10. The van der Waals surface area contributed by atoms with Crippen molar-refractivity contribution < 1.29 is 19.0 Å². The SMILES string of the molecule is CCCc1cc(=O)[nH]c(SCC(=O)NCc2cc(OC)c(OC)cc2OC)n1. The summed E-state index contributed by atoms with van der Waals surface area (Å²) in [4.78, 5) is 30.9. The molecule has 0 aliphatic heterocycles. The van der Waals surface area contributed by atoms with Crippen LogP contribution in [0.2, 0.25) is 0 Å². The number of nitrogens with one attached hydrogen (secondary N) is 2. The molecule has 1 aromatic carbocycles. The lowest BCUT2D eigenvalue weighted by atomic mass is 10.1. The molecule has 0 fully saturated rings. The van der Waals surface area contributed by atoms with Crippen LogP contribution < -0.4 is 25.1 Å². The molecule has 0 aliphatic carbocycles. The summed E-state index contributed by atoms with van der Waals surface area (Å²) in [6, 6.07) is 4.96. The molecule has 28 heavy (non-hydrogen) atoms. The number of nitrogens with zero attached hydrogens (tertiary/aromatic N) is 1. The Morgan fingerprint density at radius 1 is 1.11 bits per heavy atom. The number of methoxy groups -OCH3 is 3. The number of hydrogen-bond acceptors (Lipinski definition) is 7. The topological polar surface area (TPSA) is 103 Å². The van der Waals surface area contributed by atoms with Crippen molar-refractivity contribution in [1.82, 2.24) is 15.3 Å². The van der Waals surface area contributed by atoms with E-state index in [0.717, 1.165) is 24.1 Å². The fourth-order valence-electron chi connectivity index (χ4n) is 2.55. The van der Waals surface area contributed by atoms with Crippen LogP contribution in [0.3, 0.4) is 0 Å². The average Bonchev–Trinajstić information content (AvgIpc) is 2.69. The number of ether oxygens (including phenoxy) is 3. The van der Waals surface area contributed by atoms with E-state index in [1.54, 1.807) is 33.5 Å². The maximum atomic E-state index is 12.2. The molecule has 0 bridgehead atoms. The fraction of sp³-hybridized carbons (Fsp3) is 0.421. The predicted molar refractivity (Wildman–Crippen MR) is 108 cm³/mol. The molecule has 2 rings (SSSR count). The summed E-state index contributed by atoms with van der Waals surface area (Å²) in [7, 11) is 4.64. The minimum atomic E-state index is -0.212. The number of thioether (sulfide) groups is 1. The van der Waals surface area contributed by atoms with Crippen LogP contribution in [0.4, 0.5) is 0 Å². The summed E-state index contributed by atoms with van der Waals surface area (Å²) in [6.07, 6.45) is 1.62. The predicted octanol–water partition coefficient (Wildman–Crippen LogP) is 2.16. The summed E-state index contributed by atoms with van der Waals surface area (Å²) < 4.78 is 15.9. The van der Waals surface area contributed by atoms with Crippen molar-refractivity contribution in [3.63, 3.8) is 0 Å². The van der Waals surface area contributed by atoms with Crippen LogP contribution in [0.25, 0.3) is 0 Å². The normalized spacial score (nSPS) is 10.4. The molecule has 1 heterocycles. The second-order valence-corrected chi connectivity index (χ2v) is 6.84. The molecule has 8 nitrogen and oxygen atoms in total. The van der Waals surface area contributed by atoms with E-state index in [0.29, 0.717) is 22.4 Å². The zero-order valence-corrected chi connectivity index (χ0v) is 17.3. The Morgan fingerprint density at radius 3 is 2.43 bits per heavy atom. The van der Waals surface area contributed by atoms with E-state index in [4.69, 9.17) is 14.2 Å². The number of aromatic amines is 1. The van der Waals surface area contributed by atoms with E-state index < -0.39 is 0 Å². The van der Waals surface area contributed by atoms with Crippen molar-refractivity contribution in [3.05, 3.63) is 39.8 Å². The number of H-pyrrole nitrogens is 1. The third kappa shape index (κ3) is 5.91. The fourth-order valence-corrected chi connectivity index (χ4v) is 3.27. The zero-order valence-electron chi connectivity index (χ0n) is 16.5. The summed E-state index contributed by atoms with van der Waals surface area (Å²) >= 11 is 1.19. The number of aryl methyl sites for hydroxylation is 1. The second-order valence-electron chi connectivity index (χ2n) is 5.88. The Bertz CT molecular complexity index is 869. The number of carbonyl (C=O) groups excluding carboxylic acids is 1. The van der Waals surface area contributed by atoms with Crippen LogP contribution >= 0.6 is 11.8 Å². The van der Waals surface area contributed by atoms with Gasteiger partial charge < -0.3 is 24.5 Å². The van der Waals surface area contributed by atoms with Crippen molar-refractivity contribution in [3.8, 4) is 17.2 Å². The van der Waals surface area contributed by atoms with Crippen molar-refractivity contribution in [2.24, 2.45) is 0 Å². The van der Waals surface area contributed by atoms with Gasteiger partial charge in [-0.15, -0.1) is 0 Å². The lowest BCUT2D eigenvalue weighted by Gasteiger charge is -2.14. The van der Waals surface area contributed by atoms with Crippen LogP contribution in [0.5, 0.6) is 17.2 Å². The van der Waals surface area contributed by atoms with Gasteiger partial charge in [0.25, 0.3) is 5.56 Å². The van der Waals surface area contributed by atoms with Gasteiger partial charge in [-0.1, -0.05) is 25.1 Å². The van der Waals surface area contributed by atoms with Gasteiger partial charge in [0.05, 0.1) is 27.1 Å². The third-order valence-corrected chi connectivity index (χ3v) is 4.76. The molecule has 0 radical (unpaired) electrons. The molecule has 0 saturated carbocycles. The highest BCUT2D eigenvalue weighted by Gasteiger charge is 2.13. The maximum absolute atomic E-state index is 12.2. The van der Waals surface area contributed by atoms with E-state index in [9.17, 15) is 9.59 Å². The minimum Gasteiger partial charge on any atom is -0.496 e.